The fourth-order valence-electron chi connectivity index (χ4n) is 5.87. The SMILES string of the molecule is C=CCOOP(=O)(OC[C@H](NC(=O)OCC=C)C(=O)N[C@@H](Cc1ccc(O)cc1)C(=O)O)OC[C@H]1O[C@@H](n2cnc3c(NC(=O)Cc4ccccc4)ncnc32)C[C@@H]1OC(C)=O. The number of aromatic hydroxyl groups is 1. The molecule has 1 aliphatic heterocycles. The van der Waals surface area contributed by atoms with Crippen LogP contribution in [0.4, 0.5) is 10.6 Å². The number of carbonyl (C=O) groups excluding carboxylic acids is 4. The van der Waals surface area contributed by atoms with E-state index in [1.54, 1.807) is 0 Å². The van der Waals surface area contributed by atoms with Gasteiger partial charge in [0.1, 0.15) is 55.8 Å². The van der Waals surface area contributed by atoms with Gasteiger partial charge in [-0.1, -0.05) is 61.2 Å². The highest BCUT2D eigenvalue weighted by atomic mass is 31.2. The molecule has 0 spiro atoms. The Morgan fingerprint density at radius 2 is 1.71 bits per heavy atom. The third-order valence-electron chi connectivity index (χ3n) is 8.69. The molecule has 3 amide bonds. The van der Waals surface area contributed by atoms with Crippen LogP contribution in [0.2, 0.25) is 0 Å². The number of nitrogens with one attached hydrogen (secondary N) is 3. The molecule has 5 rings (SSSR count). The number of fused-ring (bicyclic) bond motifs is 1. The van der Waals surface area contributed by atoms with Crippen LogP contribution < -0.4 is 16.0 Å². The van der Waals surface area contributed by atoms with Gasteiger partial charge in [0.15, 0.2) is 17.0 Å². The number of ether oxygens (including phenoxy) is 3. The van der Waals surface area contributed by atoms with Crippen molar-refractivity contribution in [3.05, 3.63) is 104 Å². The minimum Gasteiger partial charge on any atom is -0.508 e. The highest BCUT2D eigenvalue weighted by Crippen LogP contribution is 2.50. The van der Waals surface area contributed by atoms with Gasteiger partial charge in [-0.05, 0) is 23.3 Å². The number of phenolic OH excluding ortho intramolecular Hbond substituents is 1. The molecule has 0 saturated carbocycles. The van der Waals surface area contributed by atoms with E-state index < -0.39 is 75.5 Å². The normalized spacial score (nSPS) is 17.8. The van der Waals surface area contributed by atoms with Crippen LogP contribution in [0.3, 0.4) is 0 Å². The summed E-state index contributed by atoms with van der Waals surface area (Å²) in [6.45, 7) is 5.93. The Labute approximate surface area is 353 Å². The zero-order valence-corrected chi connectivity index (χ0v) is 34.1. The number of aromatic nitrogens is 4. The maximum atomic E-state index is 14.0. The smallest absolute Gasteiger partial charge is 0.502 e. The molecule has 0 bridgehead atoms. The quantitative estimate of drug-likeness (QED) is 0.0178. The summed E-state index contributed by atoms with van der Waals surface area (Å²) >= 11 is 0. The van der Waals surface area contributed by atoms with Crippen LogP contribution in [0.25, 0.3) is 11.2 Å². The molecule has 1 fully saturated rings. The molecule has 0 radical (unpaired) electrons. The van der Waals surface area contributed by atoms with Crippen molar-refractivity contribution in [1.29, 1.82) is 0 Å². The lowest BCUT2D eigenvalue weighted by molar-refractivity contribution is -0.219. The molecule has 23 heteroatoms. The van der Waals surface area contributed by atoms with Crippen molar-refractivity contribution in [2.24, 2.45) is 0 Å². The van der Waals surface area contributed by atoms with Crippen molar-refractivity contribution in [3.8, 4) is 5.75 Å². The largest absolute Gasteiger partial charge is 0.508 e. The monoisotopic (exact) mass is 881 g/mol. The number of esters is 1. The third-order valence-corrected chi connectivity index (χ3v) is 9.91. The molecule has 5 N–H and O–H groups in total. The molecule has 1 unspecified atom stereocenters. The second kappa shape index (κ2) is 22.3. The van der Waals surface area contributed by atoms with Crippen molar-refractivity contribution in [2.75, 3.05) is 31.7 Å². The minimum absolute atomic E-state index is 0.0195. The number of rotatable bonds is 23. The van der Waals surface area contributed by atoms with Gasteiger partial charge in [-0.25, -0.2) is 34.0 Å². The van der Waals surface area contributed by atoms with Gasteiger partial charge < -0.3 is 40.4 Å². The van der Waals surface area contributed by atoms with E-state index in [0.717, 1.165) is 5.56 Å². The van der Waals surface area contributed by atoms with E-state index >= 15 is 0 Å². The number of nitrogens with zero attached hydrogens (tertiary/aromatic N) is 4. The molecule has 3 heterocycles. The lowest BCUT2D eigenvalue weighted by atomic mass is 10.1. The molecular weight excluding hydrogens is 837 g/mol. The second-order valence-electron chi connectivity index (χ2n) is 13.3. The maximum Gasteiger partial charge on any atom is 0.502 e. The van der Waals surface area contributed by atoms with E-state index in [-0.39, 0.29) is 61.1 Å². The summed E-state index contributed by atoms with van der Waals surface area (Å²) in [5.74, 6) is -3.47. The molecular formula is C39H44N7O15P. The molecule has 6 atom stereocenters. The molecule has 0 aliphatic carbocycles. The first kappa shape index (κ1) is 46.5. The molecule has 1 aliphatic rings. The van der Waals surface area contributed by atoms with E-state index in [1.165, 1.54) is 60.6 Å². The number of phosphoric ester groups is 1. The predicted molar refractivity (Wildman–Crippen MR) is 215 cm³/mol. The number of imidazole rings is 1. The summed E-state index contributed by atoms with van der Waals surface area (Å²) < 4.78 is 48.2. The number of anilines is 1. The van der Waals surface area contributed by atoms with Crippen LogP contribution in [0.5, 0.6) is 5.75 Å². The molecule has 330 valence electrons. The van der Waals surface area contributed by atoms with E-state index in [0.29, 0.717) is 5.56 Å². The zero-order valence-electron chi connectivity index (χ0n) is 33.2. The van der Waals surface area contributed by atoms with Crippen LogP contribution in [0, 0.1) is 0 Å². The van der Waals surface area contributed by atoms with Crippen molar-refractivity contribution < 1.29 is 71.6 Å². The van der Waals surface area contributed by atoms with Gasteiger partial charge in [0.05, 0.1) is 26.0 Å². The Morgan fingerprint density at radius 1 is 0.968 bits per heavy atom. The van der Waals surface area contributed by atoms with Gasteiger partial charge in [-0.3, -0.25) is 28.0 Å². The number of hydrogen-bond acceptors (Lipinski definition) is 17. The van der Waals surface area contributed by atoms with Crippen molar-refractivity contribution in [1.82, 2.24) is 30.2 Å². The van der Waals surface area contributed by atoms with Crippen LogP contribution in [-0.2, 0) is 69.4 Å². The second-order valence-corrected chi connectivity index (χ2v) is 14.9. The first-order chi connectivity index (χ1) is 29.8. The highest BCUT2D eigenvalue weighted by molar-refractivity contribution is 7.48. The maximum absolute atomic E-state index is 14.0. The lowest BCUT2D eigenvalue weighted by Crippen LogP contribution is -2.54. The number of carboxylic acid groups (broad SMARTS) is 1. The van der Waals surface area contributed by atoms with Crippen LogP contribution >= 0.6 is 7.82 Å². The van der Waals surface area contributed by atoms with E-state index in [1.807, 2.05) is 30.3 Å². The summed E-state index contributed by atoms with van der Waals surface area (Å²) in [6, 6.07) is 11.4. The number of hydrogen-bond donors (Lipinski definition) is 5. The number of phenols is 1. The summed E-state index contributed by atoms with van der Waals surface area (Å²) in [5.41, 5.74) is 1.73. The Bertz CT molecular complexity index is 2260. The number of benzene rings is 2. The number of carboxylic acids is 1. The summed E-state index contributed by atoms with van der Waals surface area (Å²) in [5, 5.41) is 26.7. The van der Waals surface area contributed by atoms with Gasteiger partial charge in [-0.15, -0.1) is 11.3 Å². The molecule has 2 aromatic heterocycles. The van der Waals surface area contributed by atoms with Gasteiger partial charge in [0.25, 0.3) is 0 Å². The van der Waals surface area contributed by atoms with Crippen molar-refractivity contribution >= 4 is 54.7 Å². The standard InChI is InChI=1S/C39H44N7O15P/c1-4-15-55-39(53)44-29(37(50)43-28(38(51)52)17-26-11-13-27(48)14-12-26)20-57-62(54,61-56-16-5-2)58-21-31-30(59-24(3)47)19-33(60-31)46-23-42-34-35(40-22-41-36(34)46)45-32(49)18-25-9-7-6-8-10-25/h4-14,22-23,28-31,33,48H,1-2,15-21H2,3H3,(H,43,50)(H,44,53)(H,51,52)(H,40,41,45,49)/t28-,29-,30-,31+,33+,62?/m0/s1. The summed E-state index contributed by atoms with van der Waals surface area (Å²) in [7, 11) is -4.90. The molecule has 1 saturated heterocycles. The number of carbonyl (C=O) groups is 5. The number of alkyl carbamates (subject to hydrolysis) is 1. The van der Waals surface area contributed by atoms with E-state index in [2.05, 4.69) is 44.1 Å². The first-order valence-electron chi connectivity index (χ1n) is 18.8. The van der Waals surface area contributed by atoms with Crippen LogP contribution in [-0.4, -0.2) is 110 Å². The molecule has 4 aromatic rings. The third kappa shape index (κ3) is 13.5. The first-order valence-corrected chi connectivity index (χ1v) is 20.2. The molecule has 2 aromatic carbocycles. The highest BCUT2D eigenvalue weighted by Gasteiger charge is 2.42. The Balaban J connectivity index is 1.31. The molecule has 22 nitrogen and oxygen atoms in total. The van der Waals surface area contributed by atoms with Crippen molar-refractivity contribution in [3.63, 3.8) is 0 Å². The number of aliphatic carboxylic acids is 1. The average Bonchev–Trinajstić information content (AvgIpc) is 3.86. The average molecular weight is 882 g/mol. The van der Waals surface area contributed by atoms with Gasteiger partial charge in [0.2, 0.25) is 11.8 Å². The van der Waals surface area contributed by atoms with E-state index in [4.69, 9.17) is 32.8 Å². The Hall–Kier alpha value is -6.55. The number of amides is 3. The van der Waals surface area contributed by atoms with E-state index in [9.17, 15) is 38.8 Å². The Morgan fingerprint density at radius 3 is 2.40 bits per heavy atom. The topological polar surface area (TPSA) is 287 Å². The van der Waals surface area contributed by atoms with Crippen molar-refractivity contribution in [2.45, 2.75) is 56.7 Å². The van der Waals surface area contributed by atoms with Gasteiger partial charge in [0, 0.05) is 19.8 Å². The fourth-order valence-corrected chi connectivity index (χ4v) is 6.88. The van der Waals surface area contributed by atoms with Crippen LogP contribution in [0.15, 0.2) is 92.6 Å². The van der Waals surface area contributed by atoms with Gasteiger partial charge in [-0.2, -0.15) is 0 Å². The lowest BCUT2D eigenvalue weighted by Gasteiger charge is -2.24. The summed E-state index contributed by atoms with van der Waals surface area (Å²) in [4.78, 5) is 81.0. The fraction of sp³-hybridized carbons (Fsp3) is 0.333. The minimum atomic E-state index is -4.90. The van der Waals surface area contributed by atoms with Gasteiger partial charge >= 0.3 is 25.9 Å². The number of phosphoric acid groups is 1. The predicted octanol–water partition coefficient (Wildman–Crippen LogP) is 3.30. The molecule has 62 heavy (non-hydrogen) atoms. The Kier molecular flexibility index (Phi) is 16.8. The van der Waals surface area contributed by atoms with Crippen LogP contribution in [0.1, 0.15) is 30.7 Å². The summed E-state index contributed by atoms with van der Waals surface area (Å²) in [6.07, 6.45) is 0.798. The zero-order chi connectivity index (χ0) is 44.6.